The van der Waals surface area contributed by atoms with Crippen LogP contribution >= 0.6 is 0 Å². The number of rotatable bonds is 5. The van der Waals surface area contributed by atoms with Crippen molar-refractivity contribution in [3.63, 3.8) is 0 Å². The van der Waals surface area contributed by atoms with Gasteiger partial charge in [-0.2, -0.15) is 0 Å². The Morgan fingerprint density at radius 3 is 2.54 bits per heavy atom. The standard InChI is InChI=1S/C17H14FN5O3/c1-11(16(24)20-15-5-3-2-4-14(15)18)26-17(25)12-6-8-13(9-7-12)23-10-19-21-22-23/h2-11H,1H3,(H,20,24)/t11-/m1/s1. The van der Waals surface area contributed by atoms with Crippen LogP contribution in [-0.2, 0) is 9.53 Å². The number of carbonyl (C=O) groups is 2. The molecule has 8 nitrogen and oxygen atoms in total. The van der Waals surface area contributed by atoms with Gasteiger partial charge in [-0.15, -0.1) is 5.10 Å². The molecule has 0 unspecified atom stereocenters. The van der Waals surface area contributed by atoms with E-state index >= 15 is 0 Å². The molecule has 0 radical (unpaired) electrons. The highest BCUT2D eigenvalue weighted by Crippen LogP contribution is 2.14. The van der Waals surface area contributed by atoms with Gasteiger partial charge in [0.2, 0.25) is 0 Å². The molecule has 1 N–H and O–H groups in total. The van der Waals surface area contributed by atoms with Crippen molar-refractivity contribution in [1.82, 2.24) is 20.2 Å². The Balaban J connectivity index is 1.61. The topological polar surface area (TPSA) is 99.0 Å². The predicted octanol–water partition coefficient (Wildman–Crippen LogP) is 1.99. The average Bonchev–Trinajstić information content (AvgIpc) is 3.18. The van der Waals surface area contributed by atoms with Crippen molar-refractivity contribution in [2.75, 3.05) is 5.32 Å². The zero-order valence-corrected chi connectivity index (χ0v) is 13.7. The first-order chi connectivity index (χ1) is 12.5. The van der Waals surface area contributed by atoms with Gasteiger partial charge in [0, 0.05) is 0 Å². The van der Waals surface area contributed by atoms with Crippen LogP contribution in [0.3, 0.4) is 0 Å². The van der Waals surface area contributed by atoms with E-state index in [9.17, 15) is 14.0 Å². The summed E-state index contributed by atoms with van der Waals surface area (Å²) >= 11 is 0. The highest BCUT2D eigenvalue weighted by molar-refractivity contribution is 5.97. The molecule has 0 fully saturated rings. The Labute approximate surface area is 147 Å². The number of tetrazole rings is 1. The van der Waals surface area contributed by atoms with E-state index in [1.54, 1.807) is 18.2 Å². The SMILES string of the molecule is C[C@@H](OC(=O)c1ccc(-n2cnnn2)cc1)C(=O)Nc1ccccc1F. The van der Waals surface area contributed by atoms with Gasteiger partial charge in [-0.3, -0.25) is 4.79 Å². The van der Waals surface area contributed by atoms with Gasteiger partial charge in [0.15, 0.2) is 6.10 Å². The molecular weight excluding hydrogens is 341 g/mol. The molecule has 1 amide bonds. The first kappa shape index (κ1) is 17.2. The van der Waals surface area contributed by atoms with Crippen LogP contribution < -0.4 is 5.32 Å². The largest absolute Gasteiger partial charge is 0.449 e. The molecule has 0 aliphatic carbocycles. The molecule has 1 heterocycles. The van der Waals surface area contributed by atoms with Crippen molar-refractivity contribution in [1.29, 1.82) is 0 Å². The van der Waals surface area contributed by atoms with Gasteiger partial charge in [0.1, 0.15) is 12.1 Å². The number of hydrogen-bond acceptors (Lipinski definition) is 6. The highest BCUT2D eigenvalue weighted by atomic mass is 19.1. The molecule has 2 aromatic carbocycles. The smallest absolute Gasteiger partial charge is 0.338 e. The molecular formula is C17H14FN5O3. The molecule has 0 spiro atoms. The van der Waals surface area contributed by atoms with Crippen LogP contribution in [0.15, 0.2) is 54.9 Å². The number of aromatic nitrogens is 4. The lowest BCUT2D eigenvalue weighted by atomic mass is 10.2. The van der Waals surface area contributed by atoms with E-state index in [0.717, 1.165) is 0 Å². The van der Waals surface area contributed by atoms with Crippen LogP contribution in [0.5, 0.6) is 0 Å². The molecule has 0 saturated heterocycles. The number of nitrogens with zero attached hydrogens (tertiary/aromatic N) is 4. The fourth-order valence-electron chi connectivity index (χ4n) is 2.11. The quantitative estimate of drug-likeness (QED) is 0.703. The maximum Gasteiger partial charge on any atom is 0.338 e. The van der Waals surface area contributed by atoms with Crippen molar-refractivity contribution < 1.29 is 18.7 Å². The normalized spacial score (nSPS) is 11.6. The van der Waals surface area contributed by atoms with Crippen molar-refractivity contribution in [2.24, 2.45) is 0 Å². The number of hydrogen-bond donors (Lipinski definition) is 1. The molecule has 0 saturated carbocycles. The first-order valence-corrected chi connectivity index (χ1v) is 7.64. The summed E-state index contributed by atoms with van der Waals surface area (Å²) < 4.78 is 20.1. The minimum absolute atomic E-state index is 0.0196. The number of carbonyl (C=O) groups excluding carboxylic acids is 2. The third-order valence-corrected chi connectivity index (χ3v) is 3.50. The third kappa shape index (κ3) is 3.89. The number of benzene rings is 2. The second-order valence-electron chi connectivity index (χ2n) is 5.32. The Kier molecular flexibility index (Phi) is 4.97. The molecule has 9 heteroatoms. The Morgan fingerprint density at radius 2 is 1.88 bits per heavy atom. The Bertz CT molecular complexity index is 912. The van der Waals surface area contributed by atoms with Crippen molar-refractivity contribution >= 4 is 17.6 Å². The molecule has 0 aliphatic rings. The van der Waals surface area contributed by atoms with Gasteiger partial charge in [-0.25, -0.2) is 13.9 Å². The van der Waals surface area contributed by atoms with Crippen LogP contribution in [0.4, 0.5) is 10.1 Å². The van der Waals surface area contributed by atoms with E-state index in [1.165, 1.54) is 48.3 Å². The molecule has 0 aliphatic heterocycles. The predicted molar refractivity (Wildman–Crippen MR) is 89.1 cm³/mol. The number of amides is 1. The number of ether oxygens (including phenoxy) is 1. The Morgan fingerprint density at radius 1 is 1.15 bits per heavy atom. The maximum atomic E-state index is 13.6. The first-order valence-electron chi connectivity index (χ1n) is 7.64. The fraction of sp³-hybridized carbons (Fsp3) is 0.118. The van der Waals surface area contributed by atoms with Crippen LogP contribution in [0.2, 0.25) is 0 Å². The lowest BCUT2D eigenvalue weighted by molar-refractivity contribution is -0.123. The zero-order chi connectivity index (χ0) is 18.5. The second-order valence-corrected chi connectivity index (χ2v) is 5.32. The Hall–Kier alpha value is -3.62. The number of para-hydroxylation sites is 1. The number of anilines is 1. The summed E-state index contributed by atoms with van der Waals surface area (Å²) in [4.78, 5) is 24.2. The minimum Gasteiger partial charge on any atom is -0.449 e. The van der Waals surface area contributed by atoms with E-state index in [0.29, 0.717) is 5.69 Å². The van der Waals surface area contributed by atoms with Crippen molar-refractivity contribution in [3.05, 3.63) is 66.2 Å². The van der Waals surface area contributed by atoms with E-state index in [2.05, 4.69) is 20.8 Å². The molecule has 1 atom stereocenters. The molecule has 26 heavy (non-hydrogen) atoms. The number of esters is 1. The van der Waals surface area contributed by atoms with E-state index in [1.807, 2.05) is 0 Å². The van der Waals surface area contributed by atoms with Crippen LogP contribution in [-0.4, -0.2) is 38.2 Å². The van der Waals surface area contributed by atoms with Gasteiger partial charge < -0.3 is 10.1 Å². The van der Waals surface area contributed by atoms with Gasteiger partial charge in [0.25, 0.3) is 5.91 Å². The van der Waals surface area contributed by atoms with Gasteiger partial charge >= 0.3 is 5.97 Å². The molecule has 3 rings (SSSR count). The van der Waals surface area contributed by atoms with Gasteiger partial charge in [-0.05, 0) is 53.7 Å². The van der Waals surface area contributed by atoms with Crippen LogP contribution in [0.25, 0.3) is 5.69 Å². The summed E-state index contributed by atoms with van der Waals surface area (Å²) in [7, 11) is 0. The summed E-state index contributed by atoms with van der Waals surface area (Å²) in [5.74, 6) is -1.88. The summed E-state index contributed by atoms with van der Waals surface area (Å²) in [5, 5.41) is 13.2. The van der Waals surface area contributed by atoms with Crippen molar-refractivity contribution in [3.8, 4) is 5.69 Å². The summed E-state index contributed by atoms with van der Waals surface area (Å²) in [6, 6.07) is 12.1. The second kappa shape index (κ2) is 7.51. The van der Waals surface area contributed by atoms with Crippen LogP contribution in [0, 0.1) is 5.82 Å². The van der Waals surface area contributed by atoms with E-state index < -0.39 is 23.8 Å². The van der Waals surface area contributed by atoms with E-state index in [4.69, 9.17) is 4.74 Å². The fourth-order valence-corrected chi connectivity index (χ4v) is 2.11. The number of halogens is 1. The lowest BCUT2D eigenvalue weighted by Crippen LogP contribution is -2.30. The summed E-state index contributed by atoms with van der Waals surface area (Å²) in [5.41, 5.74) is 0.940. The molecule has 0 bridgehead atoms. The van der Waals surface area contributed by atoms with Gasteiger partial charge in [0.05, 0.1) is 16.9 Å². The summed E-state index contributed by atoms with van der Waals surface area (Å²) in [6.07, 6.45) is 0.323. The number of nitrogens with one attached hydrogen (secondary N) is 1. The minimum atomic E-state index is -1.10. The lowest BCUT2D eigenvalue weighted by Gasteiger charge is -2.14. The molecule has 132 valence electrons. The molecule has 3 aromatic rings. The highest BCUT2D eigenvalue weighted by Gasteiger charge is 2.20. The third-order valence-electron chi connectivity index (χ3n) is 3.50. The zero-order valence-electron chi connectivity index (χ0n) is 13.7. The van der Waals surface area contributed by atoms with Crippen molar-refractivity contribution in [2.45, 2.75) is 13.0 Å². The van der Waals surface area contributed by atoms with Gasteiger partial charge in [-0.1, -0.05) is 12.1 Å². The summed E-state index contributed by atoms with van der Waals surface area (Å²) in [6.45, 7) is 1.41. The van der Waals surface area contributed by atoms with E-state index in [-0.39, 0.29) is 11.3 Å². The maximum absolute atomic E-state index is 13.6. The molecule has 1 aromatic heterocycles. The van der Waals surface area contributed by atoms with Crippen LogP contribution in [0.1, 0.15) is 17.3 Å². The average molecular weight is 355 g/mol. The monoisotopic (exact) mass is 355 g/mol.